The first-order chi connectivity index (χ1) is 7.69. The number of ether oxygens (including phenoxy) is 2. The molecule has 4 nitrogen and oxygen atoms in total. The van der Waals surface area contributed by atoms with Crippen LogP contribution in [0.4, 0.5) is 0 Å². The Hall–Kier alpha value is -1.26. The van der Waals surface area contributed by atoms with E-state index in [1.165, 1.54) is 7.11 Å². The summed E-state index contributed by atoms with van der Waals surface area (Å²) in [6.07, 6.45) is 0.650. The van der Waals surface area contributed by atoms with Gasteiger partial charge in [0.2, 0.25) is 0 Å². The van der Waals surface area contributed by atoms with Gasteiger partial charge in [-0.1, -0.05) is 23.7 Å². The molecule has 0 atom stereocenters. The number of esters is 1. The molecule has 1 rings (SSSR count). The number of hydrogen-bond donors (Lipinski definition) is 1. The zero-order chi connectivity index (χ0) is 12.0. The maximum atomic E-state index is 11.0. The van der Waals surface area contributed by atoms with E-state index in [2.05, 4.69) is 4.74 Å². The highest BCUT2D eigenvalue weighted by Gasteiger charge is 2.10. The standard InChI is InChI=1S/C11H14ClNO3/c1-15-10(14)7-16-11-8(5-6-13)3-2-4-9(11)12/h2-4H,5-7,13H2,1H3. The first kappa shape index (κ1) is 12.8. The van der Waals surface area contributed by atoms with Crippen molar-refractivity contribution in [1.82, 2.24) is 0 Å². The van der Waals surface area contributed by atoms with Crippen molar-refractivity contribution in [2.75, 3.05) is 20.3 Å². The van der Waals surface area contributed by atoms with Crippen LogP contribution in [-0.2, 0) is 16.0 Å². The lowest BCUT2D eigenvalue weighted by molar-refractivity contribution is -0.142. The fraction of sp³-hybridized carbons (Fsp3) is 0.364. The van der Waals surface area contributed by atoms with E-state index in [0.717, 1.165) is 5.56 Å². The Balaban J connectivity index is 2.79. The number of carbonyl (C=O) groups excluding carboxylic acids is 1. The molecule has 1 aromatic rings. The number of halogens is 1. The van der Waals surface area contributed by atoms with Gasteiger partial charge in [-0.2, -0.15) is 0 Å². The molecule has 2 N–H and O–H groups in total. The summed E-state index contributed by atoms with van der Waals surface area (Å²) < 4.78 is 9.79. The van der Waals surface area contributed by atoms with Gasteiger partial charge in [0.1, 0.15) is 5.75 Å². The van der Waals surface area contributed by atoms with Gasteiger partial charge >= 0.3 is 5.97 Å². The first-order valence-electron chi connectivity index (χ1n) is 4.86. The Labute approximate surface area is 99.3 Å². The topological polar surface area (TPSA) is 61.5 Å². The molecule has 0 saturated carbocycles. The lowest BCUT2D eigenvalue weighted by atomic mass is 10.1. The van der Waals surface area contributed by atoms with Gasteiger partial charge in [0.05, 0.1) is 12.1 Å². The number of hydrogen-bond acceptors (Lipinski definition) is 4. The molecule has 0 heterocycles. The number of nitrogens with two attached hydrogens (primary N) is 1. The lowest BCUT2D eigenvalue weighted by Crippen LogP contribution is -2.14. The van der Waals surface area contributed by atoms with Crippen molar-refractivity contribution in [2.45, 2.75) is 6.42 Å². The third-order valence-corrected chi connectivity index (χ3v) is 2.32. The highest BCUT2D eigenvalue weighted by molar-refractivity contribution is 6.32. The fourth-order valence-electron chi connectivity index (χ4n) is 1.26. The highest BCUT2D eigenvalue weighted by atomic mass is 35.5. The Morgan fingerprint density at radius 3 is 2.88 bits per heavy atom. The number of carbonyl (C=O) groups is 1. The SMILES string of the molecule is COC(=O)COc1c(Cl)cccc1CCN. The highest BCUT2D eigenvalue weighted by Crippen LogP contribution is 2.28. The van der Waals surface area contributed by atoms with Gasteiger partial charge in [0.25, 0.3) is 0 Å². The van der Waals surface area contributed by atoms with Gasteiger partial charge in [0, 0.05) is 0 Å². The molecular formula is C11H14ClNO3. The molecule has 0 bridgehead atoms. The predicted octanol–water partition coefficient (Wildman–Crippen LogP) is 1.39. The van der Waals surface area contributed by atoms with Gasteiger partial charge in [0.15, 0.2) is 6.61 Å². The van der Waals surface area contributed by atoms with Crippen molar-refractivity contribution in [3.63, 3.8) is 0 Å². The van der Waals surface area contributed by atoms with Crippen molar-refractivity contribution < 1.29 is 14.3 Å². The molecule has 0 radical (unpaired) electrons. The lowest BCUT2D eigenvalue weighted by Gasteiger charge is -2.11. The second kappa shape index (κ2) is 6.35. The zero-order valence-corrected chi connectivity index (χ0v) is 9.79. The van der Waals surface area contributed by atoms with Crippen LogP contribution in [0.2, 0.25) is 5.02 Å². The van der Waals surface area contributed by atoms with Crippen LogP contribution in [0.15, 0.2) is 18.2 Å². The monoisotopic (exact) mass is 243 g/mol. The number of rotatable bonds is 5. The first-order valence-corrected chi connectivity index (χ1v) is 5.24. The number of methoxy groups -OCH3 is 1. The molecule has 0 aromatic heterocycles. The van der Waals surface area contributed by atoms with Gasteiger partial charge in [-0.25, -0.2) is 4.79 Å². The Morgan fingerprint density at radius 2 is 2.25 bits per heavy atom. The minimum Gasteiger partial charge on any atom is -0.480 e. The minimum absolute atomic E-state index is 0.155. The molecule has 0 aliphatic carbocycles. The van der Waals surface area contributed by atoms with E-state index in [1.807, 2.05) is 12.1 Å². The van der Waals surface area contributed by atoms with E-state index >= 15 is 0 Å². The second-order valence-corrected chi connectivity index (χ2v) is 3.54. The van der Waals surface area contributed by atoms with Crippen molar-refractivity contribution in [3.05, 3.63) is 28.8 Å². The molecule has 0 aliphatic rings. The smallest absolute Gasteiger partial charge is 0.343 e. The normalized spacial score (nSPS) is 9.94. The van der Waals surface area contributed by atoms with E-state index in [0.29, 0.717) is 23.7 Å². The second-order valence-electron chi connectivity index (χ2n) is 3.13. The summed E-state index contributed by atoms with van der Waals surface area (Å²) in [5, 5.41) is 0.467. The van der Waals surface area contributed by atoms with Gasteiger partial charge in [-0.15, -0.1) is 0 Å². The van der Waals surface area contributed by atoms with E-state index in [9.17, 15) is 4.79 Å². The van der Waals surface area contributed by atoms with Crippen molar-refractivity contribution in [2.24, 2.45) is 5.73 Å². The molecule has 88 valence electrons. The molecule has 5 heteroatoms. The fourth-order valence-corrected chi connectivity index (χ4v) is 1.51. The van der Waals surface area contributed by atoms with Crippen LogP contribution in [0, 0.1) is 0 Å². The molecule has 0 amide bonds. The van der Waals surface area contributed by atoms with Gasteiger partial charge < -0.3 is 15.2 Å². The van der Waals surface area contributed by atoms with E-state index in [4.69, 9.17) is 22.1 Å². The van der Waals surface area contributed by atoms with Crippen LogP contribution in [0.5, 0.6) is 5.75 Å². The van der Waals surface area contributed by atoms with Crippen LogP contribution in [-0.4, -0.2) is 26.2 Å². The summed E-state index contributed by atoms with van der Waals surface area (Å²) in [6.45, 7) is 0.340. The van der Waals surface area contributed by atoms with Crippen LogP contribution in [0.25, 0.3) is 0 Å². The van der Waals surface area contributed by atoms with E-state index in [-0.39, 0.29) is 6.61 Å². The Bertz CT molecular complexity index is 368. The predicted molar refractivity (Wildman–Crippen MR) is 61.7 cm³/mol. The molecule has 0 fully saturated rings. The molecule has 0 saturated heterocycles. The molecule has 0 unspecified atom stereocenters. The average molecular weight is 244 g/mol. The average Bonchev–Trinajstić information content (AvgIpc) is 2.28. The number of benzene rings is 1. The largest absolute Gasteiger partial charge is 0.480 e. The number of para-hydroxylation sites is 1. The van der Waals surface area contributed by atoms with Crippen molar-refractivity contribution >= 4 is 17.6 Å². The molecule has 16 heavy (non-hydrogen) atoms. The summed E-state index contributed by atoms with van der Waals surface area (Å²) in [4.78, 5) is 11.0. The van der Waals surface area contributed by atoms with E-state index < -0.39 is 5.97 Å². The molecule has 0 spiro atoms. The third-order valence-electron chi connectivity index (χ3n) is 2.02. The summed E-state index contributed by atoms with van der Waals surface area (Å²) in [6, 6.07) is 5.39. The summed E-state index contributed by atoms with van der Waals surface area (Å²) in [7, 11) is 1.30. The molecule has 0 aliphatic heterocycles. The Kier molecular flexibility index (Phi) is 5.08. The maximum absolute atomic E-state index is 11.0. The third kappa shape index (κ3) is 3.40. The maximum Gasteiger partial charge on any atom is 0.343 e. The summed E-state index contributed by atoms with van der Waals surface area (Å²) >= 11 is 5.97. The van der Waals surface area contributed by atoms with Crippen molar-refractivity contribution in [3.8, 4) is 5.75 Å². The van der Waals surface area contributed by atoms with Gasteiger partial charge in [-0.05, 0) is 24.6 Å². The van der Waals surface area contributed by atoms with E-state index in [1.54, 1.807) is 6.07 Å². The zero-order valence-electron chi connectivity index (χ0n) is 9.03. The molecular weight excluding hydrogens is 230 g/mol. The summed E-state index contributed by atoms with van der Waals surface area (Å²) in [5.41, 5.74) is 6.36. The minimum atomic E-state index is -0.446. The van der Waals surface area contributed by atoms with Crippen LogP contribution in [0.1, 0.15) is 5.56 Å². The van der Waals surface area contributed by atoms with Crippen LogP contribution < -0.4 is 10.5 Å². The quantitative estimate of drug-likeness (QED) is 0.794. The summed E-state index contributed by atoms with van der Waals surface area (Å²) in [5.74, 6) is 0.0543. The van der Waals surface area contributed by atoms with Crippen LogP contribution >= 0.6 is 11.6 Å². The molecule has 1 aromatic carbocycles. The van der Waals surface area contributed by atoms with Gasteiger partial charge in [-0.3, -0.25) is 0 Å². The Morgan fingerprint density at radius 1 is 1.50 bits per heavy atom. The van der Waals surface area contributed by atoms with Crippen molar-refractivity contribution in [1.29, 1.82) is 0 Å². The van der Waals surface area contributed by atoms with Crippen LogP contribution in [0.3, 0.4) is 0 Å².